The van der Waals surface area contributed by atoms with Crippen LogP contribution < -0.4 is 0 Å². The Kier molecular flexibility index (Phi) is 7.01. The van der Waals surface area contributed by atoms with E-state index in [4.69, 9.17) is 0 Å². The van der Waals surface area contributed by atoms with Gasteiger partial charge in [0.1, 0.15) is 0 Å². The highest BCUT2D eigenvalue weighted by molar-refractivity contribution is 9.10. The Morgan fingerprint density at radius 3 is 2.04 bits per heavy atom. The molecule has 2 aliphatic carbocycles. The molecule has 3 rings (SSSR count). The highest BCUT2D eigenvalue weighted by Crippen LogP contribution is 2.42. The number of allylic oxidation sites excluding steroid dienone is 1. The van der Waals surface area contributed by atoms with Gasteiger partial charge in [0.2, 0.25) is 0 Å². The number of hydrogen-bond acceptors (Lipinski definition) is 0. The Bertz CT molecular complexity index is 499. The largest absolute Gasteiger partial charge is 0.0808 e. The molecule has 2 saturated carbocycles. The van der Waals surface area contributed by atoms with Crippen LogP contribution in [0.25, 0.3) is 6.08 Å². The minimum atomic E-state index is 0.807. The zero-order valence-electron chi connectivity index (χ0n) is 15.2. The maximum absolute atomic E-state index is 3.51. The van der Waals surface area contributed by atoms with E-state index < -0.39 is 0 Å². The second-order valence-corrected chi connectivity index (χ2v) is 9.07. The van der Waals surface area contributed by atoms with Crippen molar-refractivity contribution in [3.63, 3.8) is 0 Å². The molecule has 2 fully saturated rings. The molecule has 0 N–H and O–H groups in total. The lowest BCUT2D eigenvalue weighted by atomic mass is 9.68. The molecule has 0 heterocycles. The van der Waals surface area contributed by atoms with Gasteiger partial charge in [-0.25, -0.2) is 0 Å². The topological polar surface area (TPSA) is 0 Å². The van der Waals surface area contributed by atoms with Crippen molar-refractivity contribution in [3.8, 4) is 0 Å². The summed E-state index contributed by atoms with van der Waals surface area (Å²) in [6, 6.07) is 8.65. The number of hydrogen-bond donors (Lipinski definition) is 0. The summed E-state index contributed by atoms with van der Waals surface area (Å²) in [5.41, 5.74) is 1.33. The molecule has 0 aromatic heterocycles. The molecular formula is C23H33Br. The van der Waals surface area contributed by atoms with E-state index in [1.54, 1.807) is 0 Å². The van der Waals surface area contributed by atoms with Crippen LogP contribution in [0.3, 0.4) is 0 Å². The predicted molar refractivity (Wildman–Crippen MR) is 109 cm³/mol. The normalized spacial score (nSPS) is 31.4. The van der Waals surface area contributed by atoms with Crippen LogP contribution in [0.4, 0.5) is 0 Å². The van der Waals surface area contributed by atoms with E-state index in [-0.39, 0.29) is 0 Å². The van der Waals surface area contributed by atoms with Crippen molar-refractivity contribution < 1.29 is 0 Å². The minimum Gasteiger partial charge on any atom is -0.0808 e. The molecule has 2 aliphatic rings. The molecule has 24 heavy (non-hydrogen) atoms. The van der Waals surface area contributed by atoms with Gasteiger partial charge in [-0.1, -0.05) is 72.8 Å². The zero-order chi connectivity index (χ0) is 16.8. The molecule has 0 radical (unpaired) electrons. The van der Waals surface area contributed by atoms with Crippen molar-refractivity contribution >= 4 is 22.0 Å². The summed E-state index contributed by atoms with van der Waals surface area (Å²) in [4.78, 5) is 0. The molecule has 0 spiro atoms. The van der Waals surface area contributed by atoms with Crippen LogP contribution in [0.15, 0.2) is 34.8 Å². The lowest BCUT2D eigenvalue weighted by Crippen LogP contribution is -2.25. The Morgan fingerprint density at radius 2 is 1.46 bits per heavy atom. The molecule has 1 aromatic carbocycles. The standard InChI is InChI=1S/C23H33Br/c1-2-3-18-6-12-21(13-7-18)22-14-8-19(9-15-22)4-5-20-10-16-23(24)17-11-20/h4-5,10-11,16-19,21-22H,2-3,6-9,12-15H2,1H3/b5-4+. The fourth-order valence-corrected chi connectivity index (χ4v) is 5.25. The van der Waals surface area contributed by atoms with Gasteiger partial charge in [-0.05, 0) is 79.9 Å². The second-order valence-electron chi connectivity index (χ2n) is 8.16. The van der Waals surface area contributed by atoms with Gasteiger partial charge in [-0.2, -0.15) is 0 Å². The van der Waals surface area contributed by atoms with Crippen molar-refractivity contribution in [3.05, 3.63) is 40.4 Å². The third kappa shape index (κ3) is 5.22. The van der Waals surface area contributed by atoms with Crippen molar-refractivity contribution in [1.82, 2.24) is 0 Å². The van der Waals surface area contributed by atoms with Crippen LogP contribution >= 0.6 is 15.9 Å². The molecule has 0 amide bonds. The predicted octanol–water partition coefficient (Wildman–Crippen LogP) is 7.88. The first-order valence-electron chi connectivity index (χ1n) is 10.2. The maximum Gasteiger partial charge on any atom is 0.0175 e. The summed E-state index contributed by atoms with van der Waals surface area (Å²) < 4.78 is 1.16. The first-order valence-corrected chi connectivity index (χ1v) is 11.0. The molecule has 0 saturated heterocycles. The maximum atomic E-state index is 3.51. The Morgan fingerprint density at radius 1 is 0.875 bits per heavy atom. The van der Waals surface area contributed by atoms with Gasteiger partial charge in [0.05, 0.1) is 0 Å². The van der Waals surface area contributed by atoms with E-state index in [0.29, 0.717) is 0 Å². The lowest BCUT2D eigenvalue weighted by Gasteiger charge is -2.37. The first kappa shape index (κ1) is 18.2. The molecular weight excluding hydrogens is 356 g/mol. The highest BCUT2D eigenvalue weighted by Gasteiger charge is 2.29. The van der Waals surface area contributed by atoms with Gasteiger partial charge in [-0.15, -0.1) is 0 Å². The molecule has 0 nitrogen and oxygen atoms in total. The SMILES string of the molecule is CCCC1CCC(C2CCC(/C=C/c3ccc(Br)cc3)CC2)CC1. The number of rotatable bonds is 5. The van der Waals surface area contributed by atoms with Crippen LogP contribution in [0, 0.1) is 23.7 Å². The zero-order valence-corrected chi connectivity index (χ0v) is 16.8. The van der Waals surface area contributed by atoms with Gasteiger partial charge in [0, 0.05) is 4.47 Å². The van der Waals surface area contributed by atoms with E-state index in [0.717, 1.165) is 28.1 Å². The lowest BCUT2D eigenvalue weighted by molar-refractivity contribution is 0.152. The molecule has 0 atom stereocenters. The monoisotopic (exact) mass is 388 g/mol. The van der Waals surface area contributed by atoms with E-state index in [9.17, 15) is 0 Å². The van der Waals surface area contributed by atoms with Gasteiger partial charge in [0.15, 0.2) is 0 Å². The van der Waals surface area contributed by atoms with Crippen LogP contribution in [-0.2, 0) is 0 Å². The highest BCUT2D eigenvalue weighted by atomic mass is 79.9. The molecule has 0 unspecified atom stereocenters. The molecule has 132 valence electrons. The van der Waals surface area contributed by atoms with Gasteiger partial charge < -0.3 is 0 Å². The third-order valence-electron chi connectivity index (χ3n) is 6.50. The number of halogens is 1. The average Bonchev–Trinajstić information content (AvgIpc) is 2.63. The fourth-order valence-electron chi connectivity index (χ4n) is 4.99. The van der Waals surface area contributed by atoms with E-state index in [2.05, 4.69) is 59.3 Å². The summed E-state index contributed by atoms with van der Waals surface area (Å²) >= 11 is 3.51. The summed E-state index contributed by atoms with van der Waals surface area (Å²) in [6.45, 7) is 2.34. The van der Waals surface area contributed by atoms with Crippen LogP contribution in [0.5, 0.6) is 0 Å². The Balaban J connectivity index is 1.42. The van der Waals surface area contributed by atoms with Crippen LogP contribution in [0.2, 0.25) is 0 Å². The summed E-state index contributed by atoms with van der Waals surface area (Å²) in [5.74, 6) is 3.94. The van der Waals surface area contributed by atoms with Crippen LogP contribution in [0.1, 0.15) is 76.7 Å². The molecule has 0 bridgehead atoms. The van der Waals surface area contributed by atoms with Crippen molar-refractivity contribution in [2.75, 3.05) is 0 Å². The fraction of sp³-hybridized carbons (Fsp3) is 0.652. The first-order chi connectivity index (χ1) is 11.7. The molecule has 1 aromatic rings. The van der Waals surface area contributed by atoms with Crippen molar-refractivity contribution in [2.45, 2.75) is 71.1 Å². The minimum absolute atomic E-state index is 0.807. The van der Waals surface area contributed by atoms with Crippen molar-refractivity contribution in [2.24, 2.45) is 23.7 Å². The Hall–Kier alpha value is -0.560. The number of benzene rings is 1. The second kappa shape index (κ2) is 9.22. The summed E-state index contributed by atoms with van der Waals surface area (Å²) in [7, 11) is 0. The smallest absolute Gasteiger partial charge is 0.0175 e. The van der Waals surface area contributed by atoms with Crippen LogP contribution in [-0.4, -0.2) is 0 Å². The van der Waals surface area contributed by atoms with E-state index >= 15 is 0 Å². The quantitative estimate of drug-likeness (QED) is 0.480. The third-order valence-corrected chi connectivity index (χ3v) is 7.03. The van der Waals surface area contributed by atoms with Crippen molar-refractivity contribution in [1.29, 1.82) is 0 Å². The molecule has 0 aliphatic heterocycles. The average molecular weight is 389 g/mol. The summed E-state index contributed by atoms with van der Waals surface area (Å²) in [5, 5.41) is 0. The van der Waals surface area contributed by atoms with E-state index in [1.807, 2.05) is 0 Å². The van der Waals surface area contributed by atoms with Gasteiger partial charge >= 0.3 is 0 Å². The Labute approximate surface area is 157 Å². The van der Waals surface area contributed by atoms with Gasteiger partial charge in [-0.3, -0.25) is 0 Å². The van der Waals surface area contributed by atoms with Gasteiger partial charge in [0.25, 0.3) is 0 Å². The van der Waals surface area contributed by atoms with E-state index in [1.165, 1.54) is 69.8 Å². The summed E-state index contributed by atoms with van der Waals surface area (Å²) in [6.07, 6.45) is 19.5. The molecule has 1 heteroatoms.